The molecule has 3 aromatic heterocycles. The predicted molar refractivity (Wildman–Crippen MR) is 147 cm³/mol. The fraction of sp³-hybridized carbons (Fsp3) is 0.607. The van der Waals surface area contributed by atoms with Gasteiger partial charge in [0.05, 0.1) is 37.7 Å². The van der Waals surface area contributed by atoms with Crippen LogP contribution in [0.2, 0.25) is 0 Å². The van der Waals surface area contributed by atoms with Crippen LogP contribution in [-0.2, 0) is 13.1 Å². The van der Waals surface area contributed by atoms with Crippen LogP contribution < -0.4 is 10.6 Å². The molecule has 0 spiro atoms. The average molecular weight is 595 g/mol. The van der Waals surface area contributed by atoms with E-state index in [1.165, 1.54) is 30.0 Å². The summed E-state index contributed by atoms with van der Waals surface area (Å²) in [5.74, 6) is -5.57. The number of aromatic nitrogens is 5. The molecule has 0 bridgehead atoms. The van der Waals surface area contributed by atoms with Gasteiger partial charge in [-0.15, -0.1) is 0 Å². The van der Waals surface area contributed by atoms with Gasteiger partial charge in [0.25, 0.3) is 11.8 Å². The van der Waals surface area contributed by atoms with E-state index in [-0.39, 0.29) is 37.9 Å². The van der Waals surface area contributed by atoms with Gasteiger partial charge >= 0.3 is 6.03 Å². The van der Waals surface area contributed by atoms with E-state index >= 15 is 0 Å². The number of hydrogen-bond acceptors (Lipinski definition) is 5. The van der Waals surface area contributed by atoms with Crippen molar-refractivity contribution in [1.29, 1.82) is 0 Å². The van der Waals surface area contributed by atoms with Gasteiger partial charge in [-0.25, -0.2) is 31.9 Å². The lowest BCUT2D eigenvalue weighted by molar-refractivity contribution is -0.0368. The number of imidazole rings is 1. The number of urea groups is 1. The highest BCUT2D eigenvalue weighted by atomic mass is 19.3. The van der Waals surface area contributed by atoms with Crippen LogP contribution in [0.5, 0.6) is 0 Å². The zero-order valence-corrected chi connectivity index (χ0v) is 24.0. The van der Waals surface area contributed by atoms with Gasteiger partial charge in [-0.2, -0.15) is 10.2 Å². The topological polar surface area (TPSA) is 109 Å². The van der Waals surface area contributed by atoms with Crippen LogP contribution in [0.3, 0.4) is 0 Å². The summed E-state index contributed by atoms with van der Waals surface area (Å²) in [4.78, 5) is 29.8. The number of amides is 3. The first-order valence-electron chi connectivity index (χ1n) is 14.4. The Hall–Kier alpha value is -3.71. The highest BCUT2D eigenvalue weighted by Crippen LogP contribution is 2.32. The van der Waals surface area contributed by atoms with Crippen molar-refractivity contribution in [3.63, 3.8) is 0 Å². The third-order valence-corrected chi connectivity index (χ3v) is 6.77. The Morgan fingerprint density at radius 2 is 1.74 bits per heavy atom. The normalized spacial score (nSPS) is 18.8. The zero-order chi connectivity index (χ0) is 30.3. The van der Waals surface area contributed by atoms with E-state index in [4.69, 9.17) is 0 Å². The minimum atomic E-state index is -2.98. The maximum absolute atomic E-state index is 13.6. The summed E-state index contributed by atoms with van der Waals surface area (Å²) in [7, 11) is 0. The van der Waals surface area contributed by atoms with Crippen molar-refractivity contribution >= 4 is 17.6 Å². The Labute approximate surface area is 241 Å². The molecule has 10 nitrogen and oxygen atoms in total. The fourth-order valence-electron chi connectivity index (χ4n) is 4.44. The molecular formula is C28H38F4N8O2. The number of nitrogens with one attached hydrogen (secondary N) is 2. The molecule has 230 valence electrons. The van der Waals surface area contributed by atoms with Crippen molar-refractivity contribution in [2.24, 2.45) is 0 Å². The highest BCUT2D eigenvalue weighted by Gasteiger charge is 2.38. The molecule has 2 aliphatic carbocycles. The first-order valence-corrected chi connectivity index (χ1v) is 14.4. The Balaban J connectivity index is 0.000000306. The van der Waals surface area contributed by atoms with Crippen LogP contribution in [0, 0.1) is 0 Å². The molecule has 4 heterocycles. The average Bonchev–Trinajstić information content (AvgIpc) is 3.63. The number of halogens is 4. The van der Waals surface area contributed by atoms with E-state index in [0.717, 1.165) is 11.3 Å². The van der Waals surface area contributed by atoms with Gasteiger partial charge in [0.1, 0.15) is 5.69 Å². The number of carbonyl (C=O) groups is 2. The summed E-state index contributed by atoms with van der Waals surface area (Å²) in [5, 5.41) is 13.4. The molecule has 3 aliphatic rings. The molecule has 3 fully saturated rings. The zero-order valence-electron chi connectivity index (χ0n) is 24.0. The summed E-state index contributed by atoms with van der Waals surface area (Å²) >= 11 is 0. The number of fused-ring (bicyclic) bond motifs is 1. The monoisotopic (exact) mass is 594 g/mol. The van der Waals surface area contributed by atoms with Crippen LogP contribution in [0.15, 0.2) is 30.7 Å². The minimum absolute atomic E-state index is 0.0109. The van der Waals surface area contributed by atoms with Crippen molar-refractivity contribution in [2.45, 2.75) is 96.2 Å². The lowest BCUT2D eigenvalue weighted by atomic mass is 9.97. The molecule has 2 N–H and O–H groups in total. The molecule has 3 aromatic rings. The van der Waals surface area contributed by atoms with Crippen molar-refractivity contribution in [3.05, 3.63) is 47.7 Å². The third kappa shape index (κ3) is 9.15. The second-order valence-electron chi connectivity index (χ2n) is 11.2. The standard InChI is InChI=1S/C19H22F2N8O2.C6H10F2.C3H6/c1-12(2)29-15(3-4-24-29)17(30)22-7-14-9-28-16(26-14)5-13(6-25-28)8-27-11-19(20,21)10-23-18(27)31;7-6(8)4-2-1-3-5-6;1-2-3-1/h3-6,9,12H,7-8,10-11H2,1-2H3,(H,22,30)(H,23,31);1-5H2;1-3H2. The highest BCUT2D eigenvalue weighted by molar-refractivity contribution is 5.92. The Morgan fingerprint density at radius 3 is 2.36 bits per heavy atom. The van der Waals surface area contributed by atoms with E-state index in [1.807, 2.05) is 13.8 Å². The molecule has 42 heavy (non-hydrogen) atoms. The largest absolute Gasteiger partial charge is 0.345 e. The Bertz CT molecular complexity index is 1340. The minimum Gasteiger partial charge on any atom is -0.345 e. The summed E-state index contributed by atoms with van der Waals surface area (Å²) in [5.41, 5.74) is 2.09. The third-order valence-electron chi connectivity index (χ3n) is 6.77. The van der Waals surface area contributed by atoms with Crippen molar-refractivity contribution in [1.82, 2.24) is 39.9 Å². The Morgan fingerprint density at radius 1 is 1.05 bits per heavy atom. The van der Waals surface area contributed by atoms with Gasteiger partial charge in [0.2, 0.25) is 5.92 Å². The smallest absolute Gasteiger partial charge is 0.318 e. The molecule has 0 unspecified atom stereocenters. The van der Waals surface area contributed by atoms with Gasteiger partial charge in [-0.1, -0.05) is 25.7 Å². The molecule has 0 radical (unpaired) electrons. The summed E-state index contributed by atoms with van der Waals surface area (Å²) in [6, 6.07) is 2.83. The summed E-state index contributed by atoms with van der Waals surface area (Å²) in [6.45, 7) is 2.73. The van der Waals surface area contributed by atoms with Gasteiger partial charge in [-0.05, 0) is 44.4 Å². The molecule has 14 heteroatoms. The number of carbonyl (C=O) groups excluding carboxylic acids is 2. The van der Waals surface area contributed by atoms with Gasteiger partial charge in [0, 0.05) is 31.6 Å². The van der Waals surface area contributed by atoms with Gasteiger partial charge < -0.3 is 15.5 Å². The molecule has 0 aromatic carbocycles. The van der Waals surface area contributed by atoms with E-state index < -0.39 is 31.0 Å². The molecule has 2 saturated carbocycles. The molecule has 1 aliphatic heterocycles. The van der Waals surface area contributed by atoms with Gasteiger partial charge in [0.15, 0.2) is 5.65 Å². The predicted octanol–water partition coefficient (Wildman–Crippen LogP) is 5.35. The molecule has 3 amide bonds. The summed E-state index contributed by atoms with van der Waals surface area (Å²) in [6.07, 6.45) is 11.9. The number of hydrogen-bond donors (Lipinski definition) is 2. The van der Waals surface area contributed by atoms with Crippen LogP contribution in [0.1, 0.15) is 93.0 Å². The quantitative estimate of drug-likeness (QED) is 0.374. The fourth-order valence-corrected chi connectivity index (χ4v) is 4.44. The van der Waals surface area contributed by atoms with Crippen molar-refractivity contribution in [3.8, 4) is 0 Å². The number of nitrogens with zero attached hydrogens (tertiary/aromatic N) is 6. The van der Waals surface area contributed by atoms with Crippen molar-refractivity contribution < 1.29 is 27.2 Å². The van der Waals surface area contributed by atoms with Crippen molar-refractivity contribution in [2.75, 3.05) is 13.1 Å². The molecular weight excluding hydrogens is 556 g/mol. The van der Waals surface area contributed by atoms with E-state index in [0.29, 0.717) is 35.4 Å². The van der Waals surface area contributed by atoms with E-state index in [9.17, 15) is 27.2 Å². The molecule has 6 rings (SSSR count). The second-order valence-corrected chi connectivity index (χ2v) is 11.2. The van der Waals surface area contributed by atoms with Gasteiger partial charge in [-0.3, -0.25) is 9.48 Å². The Kier molecular flexibility index (Phi) is 10.0. The van der Waals surface area contributed by atoms with Crippen LogP contribution in [0.25, 0.3) is 5.65 Å². The number of rotatable bonds is 6. The lowest BCUT2D eigenvalue weighted by Crippen LogP contribution is -2.56. The van der Waals surface area contributed by atoms with Crippen LogP contribution in [0.4, 0.5) is 22.4 Å². The van der Waals surface area contributed by atoms with Crippen LogP contribution >= 0.6 is 0 Å². The molecule has 1 saturated heterocycles. The number of alkyl halides is 4. The second kappa shape index (κ2) is 13.5. The molecule has 0 atom stereocenters. The maximum atomic E-state index is 13.6. The van der Waals surface area contributed by atoms with Crippen LogP contribution in [-0.4, -0.2) is 66.2 Å². The first-order chi connectivity index (χ1) is 19.9. The maximum Gasteiger partial charge on any atom is 0.318 e. The van der Waals surface area contributed by atoms with E-state index in [2.05, 4.69) is 25.8 Å². The summed E-state index contributed by atoms with van der Waals surface area (Å²) < 4.78 is 54.7. The van der Waals surface area contributed by atoms with E-state index in [1.54, 1.807) is 29.2 Å². The lowest BCUT2D eigenvalue weighted by Gasteiger charge is -2.32. The SMILES string of the molecule is C1CC1.CC(C)n1nccc1C(=O)NCc1cn2ncc(CN3CC(F)(F)CNC3=O)cc2n1.FC1(F)CCCCC1. The first kappa shape index (κ1) is 31.2.